The van der Waals surface area contributed by atoms with E-state index in [1.807, 2.05) is 6.07 Å². The second-order valence-corrected chi connectivity index (χ2v) is 7.28. The van der Waals surface area contributed by atoms with Gasteiger partial charge in [0.25, 0.3) is 0 Å². The zero-order chi connectivity index (χ0) is 18.5. The Bertz CT molecular complexity index is 838. The first kappa shape index (κ1) is 17.6. The van der Waals surface area contributed by atoms with Gasteiger partial charge >= 0.3 is 0 Å². The maximum absolute atomic E-state index is 5.48. The first-order valence-corrected chi connectivity index (χ1v) is 9.57. The molecule has 138 valence electrons. The third kappa shape index (κ3) is 3.83. The number of nitrogens with two attached hydrogens (primary N) is 1. The molecule has 1 heterocycles. The number of hydrogen-bond donors (Lipinski definition) is 1. The molecule has 0 fully saturated rings. The number of quaternary nitrogens is 1. The summed E-state index contributed by atoms with van der Waals surface area (Å²) in [6.45, 7) is 4.67. The van der Waals surface area contributed by atoms with E-state index < -0.39 is 0 Å². The van der Waals surface area contributed by atoms with Crippen LogP contribution in [0.1, 0.15) is 30.0 Å². The van der Waals surface area contributed by atoms with Crippen molar-refractivity contribution in [3.05, 3.63) is 95.6 Å². The molecule has 0 spiro atoms. The van der Waals surface area contributed by atoms with E-state index in [-0.39, 0.29) is 5.41 Å². The van der Waals surface area contributed by atoms with Gasteiger partial charge in [-0.2, -0.15) is 0 Å². The maximum Gasteiger partial charge on any atom is 0.231 e. The van der Waals surface area contributed by atoms with Crippen molar-refractivity contribution >= 4 is 0 Å². The summed E-state index contributed by atoms with van der Waals surface area (Å²) in [5.41, 5.74) is 4.01. The average Bonchev–Trinajstić information content (AvgIpc) is 3.20. The highest BCUT2D eigenvalue weighted by Crippen LogP contribution is 2.35. The van der Waals surface area contributed by atoms with Crippen molar-refractivity contribution < 1.29 is 14.8 Å². The zero-order valence-corrected chi connectivity index (χ0v) is 15.7. The minimum Gasteiger partial charge on any atom is -0.454 e. The topological polar surface area (TPSA) is 35.1 Å². The predicted molar refractivity (Wildman–Crippen MR) is 107 cm³/mol. The van der Waals surface area contributed by atoms with Crippen molar-refractivity contribution in [1.29, 1.82) is 0 Å². The van der Waals surface area contributed by atoms with Crippen LogP contribution in [-0.4, -0.2) is 13.3 Å². The molecule has 3 heteroatoms. The van der Waals surface area contributed by atoms with Gasteiger partial charge in [-0.1, -0.05) is 67.6 Å². The first-order valence-electron chi connectivity index (χ1n) is 9.57. The van der Waals surface area contributed by atoms with Crippen LogP contribution < -0.4 is 14.8 Å². The smallest absolute Gasteiger partial charge is 0.231 e. The van der Waals surface area contributed by atoms with Crippen LogP contribution in [0.25, 0.3) is 0 Å². The summed E-state index contributed by atoms with van der Waals surface area (Å²) in [7, 11) is 0. The minimum atomic E-state index is 0.00784. The Morgan fingerprint density at radius 3 is 2.11 bits per heavy atom. The van der Waals surface area contributed by atoms with Crippen molar-refractivity contribution in [2.45, 2.75) is 25.3 Å². The van der Waals surface area contributed by atoms with E-state index in [4.69, 9.17) is 9.47 Å². The summed E-state index contributed by atoms with van der Waals surface area (Å²) in [5.74, 6) is 1.71. The van der Waals surface area contributed by atoms with Crippen molar-refractivity contribution in [1.82, 2.24) is 0 Å². The fraction of sp³-hybridized carbons (Fsp3) is 0.250. The lowest BCUT2D eigenvalue weighted by Gasteiger charge is -2.30. The molecular formula is C24H26NO2+. The molecule has 2 N–H and O–H groups in total. The second kappa shape index (κ2) is 7.85. The summed E-state index contributed by atoms with van der Waals surface area (Å²) < 4.78 is 10.9. The number of rotatable bonds is 7. The average molecular weight is 360 g/mol. The van der Waals surface area contributed by atoms with Gasteiger partial charge in [0.1, 0.15) is 6.54 Å². The summed E-state index contributed by atoms with van der Waals surface area (Å²) in [6.07, 6.45) is 1.07. The van der Waals surface area contributed by atoms with E-state index in [1.54, 1.807) is 0 Å². The van der Waals surface area contributed by atoms with E-state index in [1.165, 1.54) is 16.7 Å². The monoisotopic (exact) mass is 360 g/mol. The van der Waals surface area contributed by atoms with Crippen LogP contribution in [0.15, 0.2) is 78.9 Å². The Kier molecular flexibility index (Phi) is 5.12. The van der Waals surface area contributed by atoms with Crippen LogP contribution in [0.2, 0.25) is 0 Å². The molecule has 0 atom stereocenters. The van der Waals surface area contributed by atoms with E-state index in [2.05, 4.69) is 85.0 Å². The highest BCUT2D eigenvalue weighted by atomic mass is 16.7. The molecule has 0 saturated carbocycles. The Morgan fingerprint density at radius 1 is 0.815 bits per heavy atom. The fourth-order valence-electron chi connectivity index (χ4n) is 3.79. The number of ether oxygens (including phenoxy) is 2. The lowest BCUT2D eigenvalue weighted by molar-refractivity contribution is -0.671. The first-order chi connectivity index (χ1) is 13.3. The normalized spacial score (nSPS) is 12.9. The lowest BCUT2D eigenvalue weighted by atomic mass is 9.74. The number of fused-ring (bicyclic) bond motifs is 1. The second-order valence-electron chi connectivity index (χ2n) is 7.28. The molecule has 1 aliphatic rings. The SMILES string of the molecule is CC(CC[NH2+]Cc1ccc2c(c1)OCO2)(c1ccccc1)c1ccccc1. The van der Waals surface area contributed by atoms with Crippen molar-refractivity contribution in [2.75, 3.05) is 13.3 Å². The molecule has 0 unspecified atom stereocenters. The summed E-state index contributed by atoms with van der Waals surface area (Å²) >= 11 is 0. The third-order valence-electron chi connectivity index (χ3n) is 5.49. The third-order valence-corrected chi connectivity index (χ3v) is 5.49. The van der Waals surface area contributed by atoms with Crippen LogP contribution in [0.5, 0.6) is 11.5 Å². The molecule has 3 aromatic carbocycles. The highest BCUT2D eigenvalue weighted by molar-refractivity contribution is 5.44. The van der Waals surface area contributed by atoms with E-state index >= 15 is 0 Å². The molecule has 3 aromatic rings. The molecule has 4 rings (SSSR count). The molecule has 3 nitrogen and oxygen atoms in total. The summed E-state index contributed by atoms with van der Waals surface area (Å²) in [4.78, 5) is 0. The quantitative estimate of drug-likeness (QED) is 0.649. The summed E-state index contributed by atoms with van der Waals surface area (Å²) in [6, 6.07) is 27.9. The van der Waals surface area contributed by atoms with Crippen molar-refractivity contribution in [3.63, 3.8) is 0 Å². The lowest BCUT2D eigenvalue weighted by Crippen LogP contribution is -2.83. The van der Waals surface area contributed by atoms with Crippen molar-refractivity contribution in [3.8, 4) is 11.5 Å². The largest absolute Gasteiger partial charge is 0.454 e. The minimum absolute atomic E-state index is 0.00784. The fourth-order valence-corrected chi connectivity index (χ4v) is 3.79. The molecule has 0 amide bonds. The maximum atomic E-state index is 5.48. The zero-order valence-electron chi connectivity index (χ0n) is 15.7. The van der Waals surface area contributed by atoms with Crippen LogP contribution >= 0.6 is 0 Å². The van der Waals surface area contributed by atoms with Gasteiger partial charge in [0, 0.05) is 17.4 Å². The van der Waals surface area contributed by atoms with E-state index in [0.29, 0.717) is 6.79 Å². The van der Waals surface area contributed by atoms with Gasteiger partial charge in [-0.25, -0.2) is 0 Å². The molecule has 0 bridgehead atoms. The van der Waals surface area contributed by atoms with Gasteiger partial charge in [-0.15, -0.1) is 0 Å². The van der Waals surface area contributed by atoms with Gasteiger partial charge < -0.3 is 14.8 Å². The molecule has 1 aliphatic heterocycles. The van der Waals surface area contributed by atoms with Crippen LogP contribution in [0, 0.1) is 0 Å². The van der Waals surface area contributed by atoms with E-state index in [9.17, 15) is 0 Å². The molecular weight excluding hydrogens is 334 g/mol. The van der Waals surface area contributed by atoms with Crippen LogP contribution in [0.3, 0.4) is 0 Å². The summed E-state index contributed by atoms with van der Waals surface area (Å²) in [5, 5.41) is 2.38. The van der Waals surface area contributed by atoms with Gasteiger partial charge in [0.15, 0.2) is 11.5 Å². The Morgan fingerprint density at radius 2 is 1.44 bits per heavy atom. The molecule has 27 heavy (non-hydrogen) atoms. The number of benzene rings is 3. The van der Waals surface area contributed by atoms with Crippen LogP contribution in [0.4, 0.5) is 0 Å². The number of hydrogen-bond acceptors (Lipinski definition) is 2. The Balaban J connectivity index is 1.43. The standard InChI is InChI=1S/C24H25NO2/c1-24(20-8-4-2-5-9-20,21-10-6-3-7-11-21)14-15-25-17-19-12-13-22-23(16-19)27-18-26-22/h2-13,16,25H,14-15,17-18H2,1H3/p+1. The van der Waals surface area contributed by atoms with Crippen molar-refractivity contribution in [2.24, 2.45) is 0 Å². The Labute approximate surface area is 161 Å². The molecule has 0 aromatic heterocycles. The van der Waals surface area contributed by atoms with Gasteiger partial charge in [0.05, 0.1) is 6.54 Å². The molecule has 0 radical (unpaired) electrons. The van der Waals surface area contributed by atoms with Gasteiger partial charge in [-0.05, 0) is 29.3 Å². The highest BCUT2D eigenvalue weighted by Gasteiger charge is 2.29. The van der Waals surface area contributed by atoms with Crippen LogP contribution in [-0.2, 0) is 12.0 Å². The van der Waals surface area contributed by atoms with E-state index in [0.717, 1.165) is 31.0 Å². The molecule has 0 aliphatic carbocycles. The Hall–Kier alpha value is -2.78. The predicted octanol–water partition coefficient (Wildman–Crippen LogP) is 3.88. The molecule has 0 saturated heterocycles. The van der Waals surface area contributed by atoms with Gasteiger partial charge in [-0.3, -0.25) is 0 Å². The van der Waals surface area contributed by atoms with Gasteiger partial charge in [0.2, 0.25) is 6.79 Å².